The fraction of sp³-hybridized carbons (Fsp3) is 0.333. The van der Waals surface area contributed by atoms with E-state index in [1.165, 1.54) is 12.8 Å². The van der Waals surface area contributed by atoms with Gasteiger partial charge in [-0.2, -0.15) is 5.10 Å². The molecule has 3 nitrogen and oxygen atoms in total. The van der Waals surface area contributed by atoms with Crippen molar-refractivity contribution >= 4 is 33.2 Å². The zero-order valence-electron chi connectivity index (χ0n) is 7.24. The topological polar surface area (TPSA) is 30.2 Å². The van der Waals surface area contributed by atoms with Crippen molar-refractivity contribution in [2.75, 3.05) is 0 Å². The molecule has 2 aromatic rings. The first-order chi connectivity index (χ1) is 6.75. The third-order valence-electron chi connectivity index (χ3n) is 2.38. The number of hydrogen-bond donors (Lipinski definition) is 0. The second-order valence-electron chi connectivity index (χ2n) is 3.49. The first-order valence-electron chi connectivity index (χ1n) is 4.46. The Kier molecular flexibility index (Phi) is 1.82. The summed E-state index contributed by atoms with van der Waals surface area (Å²) in [5.74, 6) is 0.616. The molecule has 0 atom stereocenters. The zero-order chi connectivity index (χ0) is 9.71. The summed E-state index contributed by atoms with van der Waals surface area (Å²) in [6, 6.07) is 3.64. The predicted molar refractivity (Wildman–Crippen MR) is 57.7 cm³/mol. The van der Waals surface area contributed by atoms with E-state index in [2.05, 4.69) is 26.0 Å². The van der Waals surface area contributed by atoms with Gasteiger partial charge in [0.25, 0.3) is 0 Å². The van der Waals surface area contributed by atoms with Gasteiger partial charge < -0.3 is 0 Å². The molecular weight excluding hydrogens is 265 g/mol. The number of rotatable bonds is 1. The summed E-state index contributed by atoms with van der Waals surface area (Å²) in [7, 11) is 0. The van der Waals surface area contributed by atoms with Crippen molar-refractivity contribution in [1.82, 2.24) is 14.6 Å². The van der Waals surface area contributed by atoms with Gasteiger partial charge in [0, 0.05) is 5.92 Å². The van der Waals surface area contributed by atoms with Crippen LogP contribution in [0.25, 0.3) is 5.65 Å². The van der Waals surface area contributed by atoms with E-state index in [0.717, 1.165) is 15.9 Å². The van der Waals surface area contributed by atoms with Crippen LogP contribution in [0, 0.1) is 0 Å². The number of nitrogens with zero attached hydrogens (tertiary/aromatic N) is 3. The number of imidazole rings is 1. The summed E-state index contributed by atoms with van der Waals surface area (Å²) in [5.41, 5.74) is 1.96. The molecule has 1 saturated carbocycles. The number of halogens is 2. The van der Waals surface area contributed by atoms with E-state index >= 15 is 0 Å². The number of hydrogen-bond acceptors (Lipinski definition) is 2. The van der Waals surface area contributed by atoms with Crippen LogP contribution in [-0.2, 0) is 0 Å². The molecule has 5 heteroatoms. The minimum Gasteiger partial charge on any atom is -0.231 e. The van der Waals surface area contributed by atoms with Gasteiger partial charge in [0.2, 0.25) is 0 Å². The van der Waals surface area contributed by atoms with Gasteiger partial charge in [-0.3, -0.25) is 0 Å². The molecule has 0 aromatic carbocycles. The molecule has 14 heavy (non-hydrogen) atoms. The molecule has 2 aromatic heterocycles. The highest BCUT2D eigenvalue weighted by molar-refractivity contribution is 9.10. The molecule has 0 radical (unpaired) electrons. The Morgan fingerprint density at radius 3 is 2.93 bits per heavy atom. The molecule has 3 rings (SSSR count). The molecule has 2 heterocycles. The third-order valence-corrected chi connectivity index (χ3v) is 3.32. The monoisotopic (exact) mass is 271 g/mol. The fourth-order valence-electron chi connectivity index (χ4n) is 1.52. The van der Waals surface area contributed by atoms with E-state index in [1.54, 1.807) is 10.6 Å². The van der Waals surface area contributed by atoms with E-state index in [-0.39, 0.29) is 0 Å². The van der Waals surface area contributed by atoms with Gasteiger partial charge in [0.15, 0.2) is 5.65 Å². The van der Waals surface area contributed by atoms with Crippen molar-refractivity contribution in [3.63, 3.8) is 0 Å². The van der Waals surface area contributed by atoms with E-state index in [4.69, 9.17) is 11.6 Å². The molecule has 0 bridgehead atoms. The second kappa shape index (κ2) is 2.94. The van der Waals surface area contributed by atoms with Crippen LogP contribution in [0.2, 0.25) is 5.15 Å². The van der Waals surface area contributed by atoms with Gasteiger partial charge in [0.1, 0.15) is 9.76 Å². The Morgan fingerprint density at radius 1 is 1.43 bits per heavy atom. The van der Waals surface area contributed by atoms with Gasteiger partial charge in [-0.15, -0.1) is 0 Å². The minimum absolute atomic E-state index is 0.484. The number of fused-ring (bicyclic) bond motifs is 1. The predicted octanol–water partition coefficient (Wildman–Crippen LogP) is 3.02. The normalized spacial score (nSPS) is 16.4. The van der Waals surface area contributed by atoms with Gasteiger partial charge in [0.05, 0.1) is 5.69 Å². The third kappa shape index (κ3) is 1.25. The fourth-order valence-corrected chi connectivity index (χ4v) is 2.33. The standard InChI is InChI=1S/C9H7BrClN3/c10-9-8(5-1-2-5)12-7-4-3-6(11)13-14(7)9/h3-5H,1-2H2. The van der Waals surface area contributed by atoms with E-state index < -0.39 is 0 Å². The van der Waals surface area contributed by atoms with Crippen molar-refractivity contribution < 1.29 is 0 Å². The lowest BCUT2D eigenvalue weighted by atomic mass is 10.3. The van der Waals surface area contributed by atoms with E-state index in [1.807, 2.05) is 6.07 Å². The molecule has 1 fully saturated rings. The quantitative estimate of drug-likeness (QED) is 0.799. The van der Waals surface area contributed by atoms with E-state index in [9.17, 15) is 0 Å². The Balaban J connectivity index is 2.29. The largest absolute Gasteiger partial charge is 0.231 e. The smallest absolute Gasteiger partial charge is 0.155 e. The molecule has 0 saturated heterocycles. The Labute approximate surface area is 94.2 Å². The van der Waals surface area contributed by atoms with Crippen LogP contribution in [0.3, 0.4) is 0 Å². The van der Waals surface area contributed by atoms with Gasteiger partial charge >= 0.3 is 0 Å². The maximum atomic E-state index is 5.81. The van der Waals surface area contributed by atoms with Crippen LogP contribution in [0.5, 0.6) is 0 Å². The molecule has 1 aliphatic carbocycles. The minimum atomic E-state index is 0.484. The van der Waals surface area contributed by atoms with Crippen molar-refractivity contribution in [3.05, 3.63) is 27.6 Å². The Hall–Kier alpha value is -0.610. The van der Waals surface area contributed by atoms with Crippen LogP contribution >= 0.6 is 27.5 Å². The Bertz CT molecular complexity index is 504. The highest BCUT2D eigenvalue weighted by Crippen LogP contribution is 2.42. The SMILES string of the molecule is Clc1ccc2nc(C3CC3)c(Br)n2n1. The molecule has 72 valence electrons. The van der Waals surface area contributed by atoms with Gasteiger partial charge in [-0.1, -0.05) is 11.6 Å². The summed E-state index contributed by atoms with van der Waals surface area (Å²) in [4.78, 5) is 4.51. The summed E-state index contributed by atoms with van der Waals surface area (Å²) >= 11 is 9.32. The van der Waals surface area contributed by atoms with Crippen LogP contribution in [0.4, 0.5) is 0 Å². The highest BCUT2D eigenvalue weighted by Gasteiger charge is 2.29. The molecular formula is C9H7BrClN3. The van der Waals surface area contributed by atoms with Crippen molar-refractivity contribution in [2.24, 2.45) is 0 Å². The zero-order valence-corrected chi connectivity index (χ0v) is 9.59. The summed E-state index contributed by atoms with van der Waals surface area (Å²) in [5, 5.41) is 4.66. The van der Waals surface area contributed by atoms with Gasteiger partial charge in [-0.05, 0) is 40.9 Å². The summed E-state index contributed by atoms with van der Waals surface area (Å²) in [6.07, 6.45) is 2.46. The van der Waals surface area contributed by atoms with Gasteiger partial charge in [-0.25, -0.2) is 9.50 Å². The average molecular weight is 273 g/mol. The maximum Gasteiger partial charge on any atom is 0.155 e. The van der Waals surface area contributed by atoms with Crippen LogP contribution in [0.1, 0.15) is 24.5 Å². The molecule has 0 aliphatic heterocycles. The molecule has 1 aliphatic rings. The first kappa shape index (κ1) is 8.68. The Morgan fingerprint density at radius 2 is 2.21 bits per heavy atom. The number of aromatic nitrogens is 3. The lowest BCUT2D eigenvalue weighted by Gasteiger charge is -1.94. The molecule has 0 amide bonds. The first-order valence-corrected chi connectivity index (χ1v) is 5.63. The van der Waals surface area contributed by atoms with E-state index in [0.29, 0.717) is 11.1 Å². The van der Waals surface area contributed by atoms with Crippen molar-refractivity contribution in [3.8, 4) is 0 Å². The lowest BCUT2D eigenvalue weighted by molar-refractivity contribution is 0.906. The lowest BCUT2D eigenvalue weighted by Crippen LogP contribution is -1.91. The summed E-state index contributed by atoms with van der Waals surface area (Å²) < 4.78 is 2.69. The second-order valence-corrected chi connectivity index (χ2v) is 4.63. The van der Waals surface area contributed by atoms with Crippen LogP contribution in [-0.4, -0.2) is 14.6 Å². The molecule has 0 unspecified atom stereocenters. The van der Waals surface area contributed by atoms with Crippen molar-refractivity contribution in [2.45, 2.75) is 18.8 Å². The van der Waals surface area contributed by atoms with Crippen molar-refractivity contribution in [1.29, 1.82) is 0 Å². The van der Waals surface area contributed by atoms with Crippen LogP contribution in [0.15, 0.2) is 16.7 Å². The molecule has 0 spiro atoms. The highest BCUT2D eigenvalue weighted by atomic mass is 79.9. The molecule has 0 N–H and O–H groups in total. The average Bonchev–Trinajstić information content (AvgIpc) is 2.95. The van der Waals surface area contributed by atoms with Crippen LogP contribution < -0.4 is 0 Å². The summed E-state index contributed by atoms with van der Waals surface area (Å²) in [6.45, 7) is 0. The maximum absolute atomic E-state index is 5.81.